The molecule has 0 aliphatic rings. The van der Waals surface area contributed by atoms with Crippen molar-refractivity contribution in [1.82, 2.24) is 4.98 Å². The standard InChI is InChI=1S/C20H12BrN3O4S/c21-12-7-11(19(26)16(8-12)24(27)28)10-22-13-5-6-17(25)14(9-13)20-23-15-3-1-2-4-18(15)29-20/h1-10,25-26H. The van der Waals surface area contributed by atoms with Crippen molar-refractivity contribution < 1.29 is 15.1 Å². The Morgan fingerprint density at radius 1 is 1.14 bits per heavy atom. The van der Waals surface area contributed by atoms with Crippen molar-refractivity contribution in [3.05, 3.63) is 74.7 Å². The summed E-state index contributed by atoms with van der Waals surface area (Å²) in [5.74, 6) is -0.393. The zero-order valence-electron chi connectivity index (χ0n) is 14.6. The van der Waals surface area contributed by atoms with Crippen LogP contribution in [0.2, 0.25) is 0 Å². The van der Waals surface area contributed by atoms with Crippen LogP contribution in [0.15, 0.2) is 64.1 Å². The number of benzene rings is 3. The summed E-state index contributed by atoms with van der Waals surface area (Å²) >= 11 is 4.65. The van der Waals surface area contributed by atoms with Gasteiger partial charge in [0.05, 0.1) is 26.4 Å². The highest BCUT2D eigenvalue weighted by Crippen LogP contribution is 2.38. The first kappa shape index (κ1) is 19.0. The monoisotopic (exact) mass is 469 g/mol. The first-order chi connectivity index (χ1) is 13.9. The third-order valence-corrected chi connectivity index (χ3v) is 5.67. The summed E-state index contributed by atoms with van der Waals surface area (Å²) in [6, 6.07) is 15.2. The number of aromatic nitrogens is 1. The molecule has 0 saturated heterocycles. The molecule has 0 radical (unpaired) electrons. The number of phenols is 2. The van der Waals surface area contributed by atoms with E-state index in [0.717, 1.165) is 10.2 Å². The van der Waals surface area contributed by atoms with E-state index < -0.39 is 16.4 Å². The van der Waals surface area contributed by atoms with Gasteiger partial charge >= 0.3 is 5.69 Å². The summed E-state index contributed by atoms with van der Waals surface area (Å²) in [4.78, 5) is 19.2. The normalized spacial score (nSPS) is 11.3. The van der Waals surface area contributed by atoms with Crippen LogP contribution in [-0.4, -0.2) is 26.3 Å². The molecule has 0 aliphatic heterocycles. The molecule has 0 spiro atoms. The Balaban J connectivity index is 1.72. The largest absolute Gasteiger partial charge is 0.507 e. The van der Waals surface area contributed by atoms with Gasteiger partial charge < -0.3 is 10.2 Å². The second kappa shape index (κ2) is 7.61. The Labute approximate surface area is 176 Å². The van der Waals surface area contributed by atoms with Gasteiger partial charge in [-0.1, -0.05) is 28.1 Å². The second-order valence-electron chi connectivity index (χ2n) is 6.07. The maximum atomic E-state index is 11.1. The number of thiazole rings is 1. The number of nitrogens with zero attached hydrogens (tertiary/aromatic N) is 3. The van der Waals surface area contributed by atoms with Crippen molar-refractivity contribution in [2.45, 2.75) is 0 Å². The van der Waals surface area contributed by atoms with E-state index in [1.54, 1.807) is 12.1 Å². The van der Waals surface area contributed by atoms with Gasteiger partial charge in [0, 0.05) is 22.3 Å². The van der Waals surface area contributed by atoms with Crippen LogP contribution in [0.5, 0.6) is 11.5 Å². The predicted octanol–water partition coefficient (Wildman–Crippen LogP) is 5.80. The summed E-state index contributed by atoms with van der Waals surface area (Å²) in [5, 5.41) is 32.1. The Morgan fingerprint density at radius 2 is 1.93 bits per heavy atom. The number of nitro groups is 1. The molecule has 0 fully saturated rings. The number of nitro benzene ring substituents is 1. The Hall–Kier alpha value is -3.30. The number of halogens is 1. The third kappa shape index (κ3) is 3.82. The molecule has 7 nitrogen and oxygen atoms in total. The van der Waals surface area contributed by atoms with E-state index in [2.05, 4.69) is 25.9 Å². The van der Waals surface area contributed by atoms with Crippen LogP contribution in [0.4, 0.5) is 11.4 Å². The van der Waals surface area contributed by atoms with Crippen molar-refractivity contribution in [3.8, 4) is 22.1 Å². The molecule has 0 unspecified atom stereocenters. The highest BCUT2D eigenvalue weighted by Gasteiger charge is 2.17. The number of hydrogen-bond acceptors (Lipinski definition) is 7. The smallest absolute Gasteiger partial charge is 0.312 e. The molecule has 9 heteroatoms. The maximum Gasteiger partial charge on any atom is 0.312 e. The SMILES string of the molecule is O=[N+]([O-])c1cc(Br)cc(C=Nc2ccc(O)c(-c3nc4ccccc4s3)c2)c1O. The van der Waals surface area contributed by atoms with Gasteiger partial charge in [0.1, 0.15) is 10.8 Å². The van der Waals surface area contributed by atoms with Crippen molar-refractivity contribution in [2.24, 2.45) is 4.99 Å². The molecule has 0 amide bonds. The number of hydrogen-bond donors (Lipinski definition) is 2. The lowest BCUT2D eigenvalue weighted by Crippen LogP contribution is -1.92. The fraction of sp³-hybridized carbons (Fsp3) is 0. The quantitative estimate of drug-likeness (QED) is 0.223. The molecule has 1 heterocycles. The molecular weight excluding hydrogens is 458 g/mol. The average Bonchev–Trinajstić information content (AvgIpc) is 3.13. The molecule has 3 aromatic carbocycles. The molecule has 4 aromatic rings. The lowest BCUT2D eigenvalue weighted by Gasteiger charge is -2.04. The van der Waals surface area contributed by atoms with Crippen LogP contribution in [0, 0.1) is 10.1 Å². The van der Waals surface area contributed by atoms with Crippen molar-refractivity contribution >= 4 is 55.1 Å². The summed E-state index contributed by atoms with van der Waals surface area (Å²) < 4.78 is 1.45. The van der Waals surface area contributed by atoms with Crippen molar-refractivity contribution in [2.75, 3.05) is 0 Å². The van der Waals surface area contributed by atoms with Gasteiger partial charge in [0.25, 0.3) is 0 Å². The molecule has 1 aromatic heterocycles. The maximum absolute atomic E-state index is 11.1. The van der Waals surface area contributed by atoms with Gasteiger partial charge in [0.15, 0.2) is 0 Å². The molecule has 29 heavy (non-hydrogen) atoms. The zero-order chi connectivity index (χ0) is 20.5. The van der Waals surface area contributed by atoms with E-state index in [4.69, 9.17) is 0 Å². The molecule has 0 bridgehead atoms. The average molecular weight is 470 g/mol. The lowest BCUT2D eigenvalue weighted by molar-refractivity contribution is -0.385. The van der Waals surface area contributed by atoms with Crippen LogP contribution in [-0.2, 0) is 0 Å². The van der Waals surface area contributed by atoms with Gasteiger partial charge in [-0.2, -0.15) is 0 Å². The van der Waals surface area contributed by atoms with E-state index in [-0.39, 0.29) is 11.3 Å². The Morgan fingerprint density at radius 3 is 2.69 bits per heavy atom. The number of para-hydroxylation sites is 1. The number of phenolic OH excluding ortho intramolecular Hbond substituents is 2. The molecule has 0 atom stereocenters. The first-order valence-electron chi connectivity index (χ1n) is 8.32. The molecule has 2 N–H and O–H groups in total. The predicted molar refractivity (Wildman–Crippen MR) is 116 cm³/mol. The van der Waals surface area contributed by atoms with Crippen LogP contribution in [0.25, 0.3) is 20.8 Å². The minimum Gasteiger partial charge on any atom is -0.507 e. The van der Waals surface area contributed by atoms with Gasteiger partial charge in [-0.05, 0) is 36.4 Å². The molecule has 4 rings (SSSR count). The van der Waals surface area contributed by atoms with Crippen LogP contribution in [0.1, 0.15) is 5.56 Å². The zero-order valence-corrected chi connectivity index (χ0v) is 17.0. The minimum absolute atomic E-state index is 0.0731. The third-order valence-electron chi connectivity index (χ3n) is 4.14. The van der Waals surface area contributed by atoms with Gasteiger partial charge in [-0.15, -0.1) is 11.3 Å². The van der Waals surface area contributed by atoms with E-state index in [1.807, 2.05) is 24.3 Å². The number of aromatic hydroxyl groups is 2. The highest BCUT2D eigenvalue weighted by molar-refractivity contribution is 9.10. The summed E-state index contributed by atoms with van der Waals surface area (Å²) in [7, 11) is 0. The minimum atomic E-state index is -0.663. The number of fused-ring (bicyclic) bond motifs is 1. The highest BCUT2D eigenvalue weighted by atomic mass is 79.9. The van der Waals surface area contributed by atoms with Crippen molar-refractivity contribution in [1.29, 1.82) is 0 Å². The van der Waals surface area contributed by atoms with E-state index in [1.165, 1.54) is 35.8 Å². The molecular formula is C20H12BrN3O4S. The fourth-order valence-electron chi connectivity index (χ4n) is 2.75. The summed E-state index contributed by atoms with van der Waals surface area (Å²) in [6.07, 6.45) is 1.33. The fourth-order valence-corrected chi connectivity index (χ4v) is 4.20. The van der Waals surface area contributed by atoms with Gasteiger partial charge in [-0.3, -0.25) is 15.1 Å². The molecule has 144 valence electrons. The molecule has 0 aliphatic carbocycles. The van der Waals surface area contributed by atoms with Crippen molar-refractivity contribution in [3.63, 3.8) is 0 Å². The van der Waals surface area contributed by atoms with Gasteiger partial charge in [-0.25, -0.2) is 4.98 Å². The first-order valence-corrected chi connectivity index (χ1v) is 9.93. The van der Waals surface area contributed by atoms with E-state index in [9.17, 15) is 20.3 Å². The van der Waals surface area contributed by atoms with E-state index in [0.29, 0.717) is 20.7 Å². The molecule has 0 saturated carbocycles. The lowest BCUT2D eigenvalue weighted by atomic mass is 10.1. The summed E-state index contributed by atoms with van der Waals surface area (Å²) in [6.45, 7) is 0. The summed E-state index contributed by atoms with van der Waals surface area (Å²) in [5.41, 5.74) is 1.65. The van der Waals surface area contributed by atoms with Crippen LogP contribution < -0.4 is 0 Å². The second-order valence-corrected chi connectivity index (χ2v) is 8.01. The number of aliphatic imine (C=N–C) groups is 1. The van der Waals surface area contributed by atoms with Crippen LogP contribution >= 0.6 is 27.3 Å². The Kier molecular flexibility index (Phi) is 4.99. The van der Waals surface area contributed by atoms with Crippen LogP contribution in [0.3, 0.4) is 0 Å². The number of rotatable bonds is 4. The Bertz CT molecular complexity index is 1250. The topological polar surface area (TPSA) is 109 Å². The van der Waals surface area contributed by atoms with Gasteiger partial charge in [0.2, 0.25) is 5.75 Å². The van der Waals surface area contributed by atoms with E-state index >= 15 is 0 Å².